The Labute approximate surface area is 138 Å². The summed E-state index contributed by atoms with van der Waals surface area (Å²) in [7, 11) is 0. The molecule has 1 unspecified atom stereocenters. The Morgan fingerprint density at radius 3 is 2.48 bits per heavy atom. The van der Waals surface area contributed by atoms with Crippen molar-refractivity contribution >= 4 is 11.9 Å². The van der Waals surface area contributed by atoms with Gasteiger partial charge < -0.3 is 10.4 Å². The SMILES string of the molecule is CCC(CC)(CC(=O)O)NC(=O)CC1CCc2ccccc2C1. The third-order valence-electron chi connectivity index (χ3n) is 5.17. The van der Waals surface area contributed by atoms with Gasteiger partial charge in [0.05, 0.1) is 6.42 Å². The molecule has 0 bridgehead atoms. The van der Waals surface area contributed by atoms with Crippen molar-refractivity contribution in [3.8, 4) is 0 Å². The molecule has 0 aliphatic heterocycles. The zero-order chi connectivity index (χ0) is 16.9. The molecule has 0 fully saturated rings. The highest BCUT2D eigenvalue weighted by atomic mass is 16.4. The van der Waals surface area contributed by atoms with E-state index in [0.29, 0.717) is 25.2 Å². The number of carboxylic acid groups (broad SMARTS) is 1. The summed E-state index contributed by atoms with van der Waals surface area (Å²) in [4.78, 5) is 23.5. The van der Waals surface area contributed by atoms with E-state index in [1.165, 1.54) is 11.1 Å². The molecule has 1 aromatic carbocycles. The molecule has 1 aromatic rings. The molecule has 0 aromatic heterocycles. The predicted molar refractivity (Wildman–Crippen MR) is 90.3 cm³/mol. The lowest BCUT2D eigenvalue weighted by Crippen LogP contribution is -2.49. The fourth-order valence-corrected chi connectivity index (χ4v) is 3.57. The van der Waals surface area contributed by atoms with Crippen molar-refractivity contribution in [2.45, 2.75) is 64.3 Å². The lowest BCUT2D eigenvalue weighted by atomic mass is 9.81. The van der Waals surface area contributed by atoms with E-state index >= 15 is 0 Å². The predicted octanol–water partition coefficient (Wildman–Crippen LogP) is 3.33. The molecule has 1 aliphatic rings. The molecule has 0 saturated heterocycles. The molecule has 23 heavy (non-hydrogen) atoms. The molecule has 0 heterocycles. The molecule has 1 aliphatic carbocycles. The Morgan fingerprint density at radius 1 is 1.22 bits per heavy atom. The van der Waals surface area contributed by atoms with Gasteiger partial charge in [-0.2, -0.15) is 0 Å². The molecule has 1 amide bonds. The summed E-state index contributed by atoms with van der Waals surface area (Å²) in [5, 5.41) is 12.1. The maximum Gasteiger partial charge on any atom is 0.305 e. The van der Waals surface area contributed by atoms with Crippen molar-refractivity contribution in [2.75, 3.05) is 0 Å². The second-order valence-corrected chi connectivity index (χ2v) is 6.69. The van der Waals surface area contributed by atoms with Crippen LogP contribution in [0.25, 0.3) is 0 Å². The van der Waals surface area contributed by atoms with Crippen LogP contribution < -0.4 is 5.32 Å². The van der Waals surface area contributed by atoms with Crippen molar-refractivity contribution < 1.29 is 14.7 Å². The average Bonchev–Trinajstić information content (AvgIpc) is 2.53. The Bertz CT molecular complexity index is 563. The third kappa shape index (κ3) is 4.57. The molecule has 4 heteroatoms. The molecule has 126 valence electrons. The fraction of sp³-hybridized carbons (Fsp3) is 0.579. The summed E-state index contributed by atoms with van der Waals surface area (Å²) in [6, 6.07) is 8.42. The number of benzene rings is 1. The number of carboxylic acids is 1. The van der Waals surface area contributed by atoms with Gasteiger partial charge in [-0.15, -0.1) is 0 Å². The minimum Gasteiger partial charge on any atom is -0.481 e. The van der Waals surface area contributed by atoms with Gasteiger partial charge in [0.15, 0.2) is 0 Å². The van der Waals surface area contributed by atoms with Crippen LogP contribution in [-0.2, 0) is 22.4 Å². The summed E-state index contributed by atoms with van der Waals surface area (Å²) in [5.74, 6) is -0.527. The van der Waals surface area contributed by atoms with Crippen molar-refractivity contribution in [3.05, 3.63) is 35.4 Å². The molecule has 0 spiro atoms. The van der Waals surface area contributed by atoms with Crippen molar-refractivity contribution in [3.63, 3.8) is 0 Å². The number of hydrogen-bond donors (Lipinski definition) is 2. The summed E-state index contributed by atoms with van der Waals surface area (Å²) in [5.41, 5.74) is 2.13. The highest BCUT2D eigenvalue weighted by Crippen LogP contribution is 2.28. The topological polar surface area (TPSA) is 66.4 Å². The van der Waals surface area contributed by atoms with E-state index in [-0.39, 0.29) is 12.3 Å². The minimum atomic E-state index is -0.861. The van der Waals surface area contributed by atoms with Crippen LogP contribution >= 0.6 is 0 Å². The van der Waals surface area contributed by atoms with E-state index in [0.717, 1.165) is 19.3 Å². The van der Waals surface area contributed by atoms with Gasteiger partial charge in [0, 0.05) is 12.0 Å². The first-order valence-corrected chi connectivity index (χ1v) is 8.57. The summed E-state index contributed by atoms with van der Waals surface area (Å²) < 4.78 is 0. The van der Waals surface area contributed by atoms with E-state index in [1.54, 1.807) is 0 Å². The van der Waals surface area contributed by atoms with Gasteiger partial charge in [0.25, 0.3) is 0 Å². The number of rotatable bonds is 7. The maximum atomic E-state index is 12.4. The van der Waals surface area contributed by atoms with Crippen LogP contribution in [0, 0.1) is 5.92 Å². The molecule has 2 rings (SSSR count). The highest BCUT2D eigenvalue weighted by Gasteiger charge is 2.32. The minimum absolute atomic E-state index is 0.0145. The standard InChI is InChI=1S/C19H27NO3/c1-3-19(4-2,13-18(22)23)20-17(21)12-14-9-10-15-7-5-6-8-16(15)11-14/h5-8,14H,3-4,9-13H2,1-2H3,(H,20,21)(H,22,23). The number of fused-ring (bicyclic) bond motifs is 1. The van der Waals surface area contributed by atoms with Gasteiger partial charge in [-0.05, 0) is 49.1 Å². The van der Waals surface area contributed by atoms with Gasteiger partial charge in [0.1, 0.15) is 0 Å². The van der Waals surface area contributed by atoms with Crippen LogP contribution in [0.2, 0.25) is 0 Å². The first kappa shape index (κ1) is 17.5. The normalized spacial score (nSPS) is 17.4. The number of hydrogen-bond acceptors (Lipinski definition) is 2. The molecule has 4 nitrogen and oxygen atoms in total. The van der Waals surface area contributed by atoms with Gasteiger partial charge in [-0.1, -0.05) is 38.1 Å². The number of nitrogens with one attached hydrogen (secondary N) is 1. The maximum absolute atomic E-state index is 12.4. The largest absolute Gasteiger partial charge is 0.481 e. The first-order chi connectivity index (χ1) is 11.0. The summed E-state index contributed by atoms with van der Waals surface area (Å²) >= 11 is 0. The van der Waals surface area contributed by atoms with E-state index in [2.05, 4.69) is 23.5 Å². The molecule has 0 radical (unpaired) electrons. The van der Waals surface area contributed by atoms with Crippen LogP contribution in [-0.4, -0.2) is 22.5 Å². The lowest BCUT2D eigenvalue weighted by Gasteiger charge is -2.32. The van der Waals surface area contributed by atoms with Crippen LogP contribution in [0.3, 0.4) is 0 Å². The van der Waals surface area contributed by atoms with E-state index in [4.69, 9.17) is 5.11 Å². The smallest absolute Gasteiger partial charge is 0.305 e. The first-order valence-electron chi connectivity index (χ1n) is 8.57. The second kappa shape index (κ2) is 7.62. The zero-order valence-electron chi connectivity index (χ0n) is 14.1. The number of carbonyl (C=O) groups is 2. The molecular weight excluding hydrogens is 290 g/mol. The zero-order valence-corrected chi connectivity index (χ0v) is 14.1. The Hall–Kier alpha value is -1.84. The van der Waals surface area contributed by atoms with Gasteiger partial charge in [0.2, 0.25) is 5.91 Å². The summed E-state index contributed by atoms with van der Waals surface area (Å²) in [6.45, 7) is 3.87. The molecule has 2 N–H and O–H groups in total. The number of amides is 1. The Balaban J connectivity index is 1.95. The number of carbonyl (C=O) groups excluding carboxylic acids is 1. The van der Waals surface area contributed by atoms with E-state index < -0.39 is 11.5 Å². The number of aliphatic carboxylic acids is 1. The highest BCUT2D eigenvalue weighted by molar-refractivity contribution is 5.78. The fourth-order valence-electron chi connectivity index (χ4n) is 3.57. The Morgan fingerprint density at radius 2 is 1.87 bits per heavy atom. The van der Waals surface area contributed by atoms with E-state index in [9.17, 15) is 9.59 Å². The Kier molecular flexibility index (Phi) is 5.80. The van der Waals surface area contributed by atoms with Crippen LogP contribution in [0.4, 0.5) is 0 Å². The van der Waals surface area contributed by atoms with Crippen LogP contribution in [0.1, 0.15) is 57.1 Å². The van der Waals surface area contributed by atoms with Crippen LogP contribution in [0.15, 0.2) is 24.3 Å². The van der Waals surface area contributed by atoms with Crippen LogP contribution in [0.5, 0.6) is 0 Å². The third-order valence-corrected chi connectivity index (χ3v) is 5.17. The average molecular weight is 317 g/mol. The number of aryl methyl sites for hydroxylation is 1. The second-order valence-electron chi connectivity index (χ2n) is 6.69. The van der Waals surface area contributed by atoms with Crippen molar-refractivity contribution in [2.24, 2.45) is 5.92 Å². The molecule has 0 saturated carbocycles. The van der Waals surface area contributed by atoms with E-state index in [1.807, 2.05) is 19.9 Å². The monoisotopic (exact) mass is 317 g/mol. The molecule has 1 atom stereocenters. The summed E-state index contributed by atoms with van der Waals surface area (Å²) in [6.07, 6.45) is 4.72. The van der Waals surface area contributed by atoms with Crippen molar-refractivity contribution in [1.29, 1.82) is 0 Å². The van der Waals surface area contributed by atoms with Gasteiger partial charge >= 0.3 is 5.97 Å². The quantitative estimate of drug-likeness (QED) is 0.810. The van der Waals surface area contributed by atoms with Gasteiger partial charge in [-0.3, -0.25) is 9.59 Å². The molecular formula is C19H27NO3. The van der Waals surface area contributed by atoms with Crippen molar-refractivity contribution in [1.82, 2.24) is 5.32 Å². The van der Waals surface area contributed by atoms with Gasteiger partial charge in [-0.25, -0.2) is 0 Å². The lowest BCUT2D eigenvalue weighted by molar-refractivity contribution is -0.139.